The number of hydrogen-bond acceptors (Lipinski definition) is 4. The summed E-state index contributed by atoms with van der Waals surface area (Å²) >= 11 is 0. The quantitative estimate of drug-likeness (QED) is 0.718. The van der Waals surface area contributed by atoms with Gasteiger partial charge in [-0.05, 0) is 37.5 Å². The van der Waals surface area contributed by atoms with Crippen molar-refractivity contribution in [2.45, 2.75) is 52.9 Å². The van der Waals surface area contributed by atoms with Gasteiger partial charge < -0.3 is 19.7 Å². The molecule has 1 fully saturated rings. The van der Waals surface area contributed by atoms with Crippen LogP contribution in [0.15, 0.2) is 18.2 Å². The van der Waals surface area contributed by atoms with E-state index in [1.807, 2.05) is 24.8 Å². The molecule has 2 rings (SSSR count). The average molecular weight is 366 g/mol. The first-order valence-electron chi connectivity index (χ1n) is 9.38. The number of halogens is 1. The summed E-state index contributed by atoms with van der Waals surface area (Å²) < 4.78 is 25.6. The van der Waals surface area contributed by atoms with Gasteiger partial charge in [-0.25, -0.2) is 4.39 Å². The molecule has 6 heteroatoms. The summed E-state index contributed by atoms with van der Waals surface area (Å²) in [4.78, 5) is 13.8. The Kier molecular flexibility index (Phi) is 7.85. The van der Waals surface area contributed by atoms with Crippen molar-refractivity contribution in [1.29, 1.82) is 0 Å². The van der Waals surface area contributed by atoms with Crippen molar-refractivity contribution in [3.63, 3.8) is 0 Å². The molecule has 1 aliphatic rings. The van der Waals surface area contributed by atoms with E-state index in [9.17, 15) is 9.18 Å². The third kappa shape index (κ3) is 6.57. The van der Waals surface area contributed by atoms with Crippen LogP contribution in [-0.2, 0) is 20.8 Å². The zero-order valence-electron chi connectivity index (χ0n) is 16.3. The highest BCUT2D eigenvalue weighted by molar-refractivity contribution is 5.75. The van der Waals surface area contributed by atoms with E-state index in [4.69, 9.17) is 9.47 Å². The van der Waals surface area contributed by atoms with E-state index in [0.717, 1.165) is 5.56 Å². The van der Waals surface area contributed by atoms with Crippen molar-refractivity contribution in [1.82, 2.24) is 5.32 Å². The lowest BCUT2D eigenvalue weighted by Crippen LogP contribution is -2.45. The number of anilines is 1. The molecule has 1 amide bonds. The summed E-state index contributed by atoms with van der Waals surface area (Å²) in [5, 5.41) is 2.81. The van der Waals surface area contributed by atoms with Crippen molar-refractivity contribution >= 4 is 11.6 Å². The van der Waals surface area contributed by atoms with Crippen molar-refractivity contribution in [3.8, 4) is 0 Å². The van der Waals surface area contributed by atoms with Gasteiger partial charge in [0.1, 0.15) is 5.82 Å². The van der Waals surface area contributed by atoms with Gasteiger partial charge in [0, 0.05) is 32.7 Å². The van der Waals surface area contributed by atoms with Gasteiger partial charge in [0.05, 0.1) is 24.5 Å². The van der Waals surface area contributed by atoms with Crippen LogP contribution in [0, 0.1) is 11.7 Å². The smallest absolute Gasteiger partial charge is 0.222 e. The molecular formula is C20H31FN2O3. The number of carbonyl (C=O) groups excluding carboxylic acids is 1. The number of nitrogens with zero attached hydrogens (tertiary/aromatic N) is 1. The monoisotopic (exact) mass is 366 g/mol. The molecule has 1 aromatic rings. The van der Waals surface area contributed by atoms with Gasteiger partial charge >= 0.3 is 0 Å². The maximum absolute atomic E-state index is 14.5. The molecular weight excluding hydrogens is 335 g/mol. The molecule has 0 aromatic heterocycles. The topological polar surface area (TPSA) is 50.8 Å². The van der Waals surface area contributed by atoms with E-state index in [-0.39, 0.29) is 23.9 Å². The summed E-state index contributed by atoms with van der Waals surface area (Å²) in [7, 11) is 0. The molecule has 26 heavy (non-hydrogen) atoms. The Labute approximate surface area is 155 Å². The van der Waals surface area contributed by atoms with Crippen LogP contribution in [0.5, 0.6) is 0 Å². The minimum Gasteiger partial charge on any atom is -0.381 e. The van der Waals surface area contributed by atoms with E-state index >= 15 is 0 Å². The van der Waals surface area contributed by atoms with Crippen molar-refractivity contribution in [3.05, 3.63) is 29.6 Å². The van der Waals surface area contributed by atoms with E-state index < -0.39 is 0 Å². The van der Waals surface area contributed by atoms with Gasteiger partial charge in [-0.1, -0.05) is 19.9 Å². The number of hydrogen-bond donors (Lipinski definition) is 1. The minimum atomic E-state index is -0.265. The fourth-order valence-corrected chi connectivity index (χ4v) is 3.06. The fourth-order valence-electron chi connectivity index (χ4n) is 3.06. The normalized spacial score (nSPS) is 20.5. The third-order valence-corrected chi connectivity index (χ3v) is 4.19. The molecule has 0 unspecified atom stereocenters. The second-order valence-corrected chi connectivity index (χ2v) is 7.44. The summed E-state index contributed by atoms with van der Waals surface area (Å²) in [6, 6.07) is 5.14. The van der Waals surface area contributed by atoms with Gasteiger partial charge in [-0.3, -0.25) is 4.79 Å². The van der Waals surface area contributed by atoms with E-state index in [1.165, 1.54) is 6.07 Å². The van der Waals surface area contributed by atoms with Crippen LogP contribution < -0.4 is 10.2 Å². The lowest BCUT2D eigenvalue weighted by Gasteiger charge is -2.37. The molecule has 0 aliphatic carbocycles. The Morgan fingerprint density at radius 3 is 2.65 bits per heavy atom. The molecule has 0 bridgehead atoms. The van der Waals surface area contributed by atoms with Crippen LogP contribution in [0.25, 0.3) is 0 Å². The van der Waals surface area contributed by atoms with Crippen LogP contribution in [0.4, 0.5) is 10.1 Å². The predicted molar refractivity (Wildman–Crippen MR) is 101 cm³/mol. The van der Waals surface area contributed by atoms with Crippen LogP contribution >= 0.6 is 0 Å². The van der Waals surface area contributed by atoms with Gasteiger partial charge in [0.15, 0.2) is 0 Å². The highest BCUT2D eigenvalue weighted by Gasteiger charge is 2.24. The molecule has 1 aromatic carbocycles. The number of nitrogens with one attached hydrogen (secondary N) is 1. The summed E-state index contributed by atoms with van der Waals surface area (Å²) in [5.74, 6) is 0.101. The fraction of sp³-hybridized carbons (Fsp3) is 0.650. The van der Waals surface area contributed by atoms with E-state index in [0.29, 0.717) is 50.9 Å². The first kappa shape index (κ1) is 20.6. The van der Waals surface area contributed by atoms with Crippen LogP contribution in [0.1, 0.15) is 39.7 Å². The maximum atomic E-state index is 14.5. The SMILES string of the molecule is CC(C)COCCC(=O)NCc1ccc(N2C[C@@H](C)O[C@@H](C)C2)c(F)c1. The molecule has 1 aliphatic heterocycles. The number of amides is 1. The average Bonchev–Trinajstić information content (AvgIpc) is 2.56. The van der Waals surface area contributed by atoms with Crippen LogP contribution in [0.2, 0.25) is 0 Å². The molecule has 1 heterocycles. The summed E-state index contributed by atoms with van der Waals surface area (Å²) in [6.45, 7) is 10.8. The lowest BCUT2D eigenvalue weighted by atomic mass is 10.1. The van der Waals surface area contributed by atoms with Gasteiger partial charge in [0.25, 0.3) is 0 Å². The molecule has 1 N–H and O–H groups in total. The van der Waals surface area contributed by atoms with Crippen molar-refractivity contribution in [2.75, 3.05) is 31.2 Å². The maximum Gasteiger partial charge on any atom is 0.222 e. The molecule has 0 radical (unpaired) electrons. The summed E-state index contributed by atoms with van der Waals surface area (Å²) in [6.07, 6.45) is 0.474. The van der Waals surface area contributed by atoms with Gasteiger partial charge in [0.2, 0.25) is 5.91 Å². The largest absolute Gasteiger partial charge is 0.381 e. The number of ether oxygens (including phenoxy) is 2. The predicted octanol–water partition coefficient (Wildman–Crippen LogP) is 3.12. The first-order chi connectivity index (χ1) is 12.3. The Balaban J connectivity index is 1.82. The molecule has 146 valence electrons. The second-order valence-electron chi connectivity index (χ2n) is 7.44. The first-order valence-corrected chi connectivity index (χ1v) is 9.38. The standard InChI is InChI=1S/C20H31FN2O3/c1-14(2)13-25-8-7-20(24)22-10-17-5-6-19(18(21)9-17)23-11-15(3)26-16(4)12-23/h5-6,9,14-16H,7-8,10-13H2,1-4H3,(H,22,24)/t15-,16+. The molecule has 0 spiro atoms. The number of benzene rings is 1. The minimum absolute atomic E-state index is 0.0787. The zero-order valence-corrected chi connectivity index (χ0v) is 16.3. The Morgan fingerprint density at radius 1 is 1.35 bits per heavy atom. The van der Waals surface area contributed by atoms with E-state index in [1.54, 1.807) is 6.07 Å². The van der Waals surface area contributed by atoms with Gasteiger partial charge in [-0.2, -0.15) is 0 Å². The zero-order chi connectivity index (χ0) is 19.1. The number of rotatable bonds is 8. The molecule has 5 nitrogen and oxygen atoms in total. The lowest BCUT2D eigenvalue weighted by molar-refractivity contribution is -0.122. The Morgan fingerprint density at radius 2 is 2.04 bits per heavy atom. The van der Waals surface area contributed by atoms with Crippen molar-refractivity contribution < 1.29 is 18.7 Å². The van der Waals surface area contributed by atoms with Crippen LogP contribution in [-0.4, -0.2) is 44.4 Å². The molecule has 2 atom stereocenters. The van der Waals surface area contributed by atoms with Crippen LogP contribution in [0.3, 0.4) is 0 Å². The second kappa shape index (κ2) is 9.88. The van der Waals surface area contributed by atoms with E-state index in [2.05, 4.69) is 19.2 Å². The number of morpholine rings is 1. The van der Waals surface area contributed by atoms with Gasteiger partial charge in [-0.15, -0.1) is 0 Å². The molecule has 1 saturated heterocycles. The highest BCUT2D eigenvalue weighted by atomic mass is 19.1. The third-order valence-electron chi connectivity index (χ3n) is 4.19. The Bertz CT molecular complexity index is 584. The Hall–Kier alpha value is -1.66. The summed E-state index contributed by atoms with van der Waals surface area (Å²) in [5.41, 5.74) is 1.33. The number of carbonyl (C=O) groups is 1. The molecule has 0 saturated carbocycles. The van der Waals surface area contributed by atoms with Crippen molar-refractivity contribution in [2.24, 2.45) is 5.92 Å². The highest BCUT2D eigenvalue weighted by Crippen LogP contribution is 2.24.